The molecule has 2 aromatic heterocycles. The zero-order valence-electron chi connectivity index (χ0n) is 14.0. The van der Waals surface area contributed by atoms with Gasteiger partial charge in [0, 0.05) is 37.8 Å². The molecule has 1 aliphatic rings. The molecule has 1 amide bonds. The number of hydrogen-bond acceptors (Lipinski definition) is 6. The molecule has 3 heterocycles. The lowest BCUT2D eigenvalue weighted by Gasteiger charge is -2.27. The maximum absolute atomic E-state index is 13.9. The van der Waals surface area contributed by atoms with Gasteiger partial charge in [0.25, 0.3) is 5.91 Å². The van der Waals surface area contributed by atoms with Gasteiger partial charge in [0.2, 0.25) is 0 Å². The molecule has 2 aromatic rings. The number of amides is 1. The van der Waals surface area contributed by atoms with Crippen LogP contribution in [0.3, 0.4) is 0 Å². The average molecular weight is 352 g/mol. The smallest absolute Gasteiger partial charge is 0.259 e. The van der Waals surface area contributed by atoms with Gasteiger partial charge in [-0.05, 0) is 20.3 Å². The third kappa shape index (κ3) is 3.49. The number of thiazole rings is 1. The lowest BCUT2D eigenvalue weighted by Crippen LogP contribution is -2.41. The van der Waals surface area contributed by atoms with Crippen LogP contribution in [0.15, 0.2) is 16.1 Å². The Bertz CT molecular complexity index is 684. The molecule has 8 heteroatoms. The van der Waals surface area contributed by atoms with Gasteiger partial charge < -0.3 is 9.42 Å². The second kappa shape index (κ2) is 6.98. The van der Waals surface area contributed by atoms with Crippen LogP contribution < -0.4 is 0 Å². The zero-order chi connectivity index (χ0) is 17.3. The second-order valence-corrected chi connectivity index (χ2v) is 7.21. The van der Waals surface area contributed by atoms with E-state index in [9.17, 15) is 9.18 Å². The molecule has 2 atom stereocenters. The third-order valence-corrected chi connectivity index (χ3v) is 5.14. The average Bonchev–Trinajstić information content (AvgIpc) is 3.22. The predicted molar refractivity (Wildman–Crippen MR) is 88.8 cm³/mol. The Morgan fingerprint density at radius 3 is 2.96 bits per heavy atom. The van der Waals surface area contributed by atoms with Crippen molar-refractivity contribution in [2.45, 2.75) is 39.0 Å². The molecular formula is C16H21FN4O2S. The van der Waals surface area contributed by atoms with E-state index in [-0.39, 0.29) is 11.9 Å². The summed E-state index contributed by atoms with van der Waals surface area (Å²) in [5, 5.41) is 6.71. The van der Waals surface area contributed by atoms with Crippen LogP contribution in [0.4, 0.5) is 4.39 Å². The summed E-state index contributed by atoms with van der Waals surface area (Å²) in [6.07, 6.45) is 1.33. The number of halogens is 1. The Labute approximate surface area is 144 Å². The molecule has 0 radical (unpaired) electrons. The number of rotatable bonds is 5. The molecule has 0 spiro atoms. The van der Waals surface area contributed by atoms with E-state index in [0.717, 1.165) is 5.01 Å². The van der Waals surface area contributed by atoms with E-state index in [0.29, 0.717) is 43.1 Å². The maximum Gasteiger partial charge on any atom is 0.259 e. The molecule has 6 nitrogen and oxygen atoms in total. The van der Waals surface area contributed by atoms with Crippen molar-refractivity contribution < 1.29 is 13.7 Å². The third-order valence-electron chi connectivity index (χ3n) is 4.38. The Kier molecular flexibility index (Phi) is 4.96. The van der Waals surface area contributed by atoms with Crippen molar-refractivity contribution >= 4 is 17.2 Å². The first-order valence-corrected chi connectivity index (χ1v) is 8.78. The van der Waals surface area contributed by atoms with E-state index in [4.69, 9.17) is 4.52 Å². The quantitative estimate of drug-likeness (QED) is 0.827. The van der Waals surface area contributed by atoms with Crippen molar-refractivity contribution in [3.63, 3.8) is 0 Å². The minimum Gasteiger partial charge on any atom is -0.361 e. The minimum absolute atomic E-state index is 0.0154. The molecule has 1 aliphatic heterocycles. The molecule has 0 saturated carbocycles. The SMILES string of the molecule is Cc1noc(C)c1C(=O)N(C)C[C@@H]1C[C@H](F)CN1Cc1nccs1. The molecule has 1 fully saturated rings. The fourth-order valence-corrected chi connectivity index (χ4v) is 3.83. The number of likely N-dealkylation sites (tertiary alicyclic amines) is 1. The number of nitrogens with zero attached hydrogens (tertiary/aromatic N) is 4. The lowest BCUT2D eigenvalue weighted by atomic mass is 10.1. The van der Waals surface area contributed by atoms with E-state index in [2.05, 4.69) is 15.0 Å². The largest absolute Gasteiger partial charge is 0.361 e. The molecule has 0 unspecified atom stereocenters. The summed E-state index contributed by atoms with van der Waals surface area (Å²) in [7, 11) is 1.74. The van der Waals surface area contributed by atoms with Crippen LogP contribution in [-0.4, -0.2) is 58.2 Å². The molecule has 0 N–H and O–H groups in total. The predicted octanol–water partition coefficient (Wildman–Crippen LogP) is 2.43. The number of aryl methyl sites for hydroxylation is 2. The molecule has 1 saturated heterocycles. The minimum atomic E-state index is -0.863. The Morgan fingerprint density at radius 2 is 2.33 bits per heavy atom. The van der Waals surface area contributed by atoms with Crippen molar-refractivity contribution in [1.82, 2.24) is 19.9 Å². The number of likely N-dealkylation sites (N-methyl/N-ethyl adjacent to an activating group) is 1. The maximum atomic E-state index is 13.9. The highest BCUT2D eigenvalue weighted by molar-refractivity contribution is 7.09. The first kappa shape index (κ1) is 17.0. The number of carbonyl (C=O) groups is 1. The first-order chi connectivity index (χ1) is 11.5. The zero-order valence-corrected chi connectivity index (χ0v) is 14.8. The van der Waals surface area contributed by atoms with Gasteiger partial charge in [-0.15, -0.1) is 11.3 Å². The van der Waals surface area contributed by atoms with Crippen molar-refractivity contribution in [2.75, 3.05) is 20.1 Å². The summed E-state index contributed by atoms with van der Waals surface area (Å²) in [6, 6.07) is -0.0154. The van der Waals surface area contributed by atoms with Crippen LogP contribution in [0.5, 0.6) is 0 Å². The van der Waals surface area contributed by atoms with E-state index in [1.165, 1.54) is 0 Å². The van der Waals surface area contributed by atoms with Crippen LogP contribution >= 0.6 is 11.3 Å². The van der Waals surface area contributed by atoms with Gasteiger partial charge in [0.1, 0.15) is 22.5 Å². The Hall–Kier alpha value is -1.80. The molecule has 0 aliphatic carbocycles. The fraction of sp³-hybridized carbons (Fsp3) is 0.562. The fourth-order valence-electron chi connectivity index (χ4n) is 3.19. The number of aromatic nitrogens is 2. The van der Waals surface area contributed by atoms with E-state index in [1.807, 2.05) is 5.38 Å². The van der Waals surface area contributed by atoms with Crippen molar-refractivity contribution in [2.24, 2.45) is 0 Å². The monoisotopic (exact) mass is 352 g/mol. The topological polar surface area (TPSA) is 62.5 Å². The Morgan fingerprint density at radius 1 is 1.54 bits per heavy atom. The van der Waals surface area contributed by atoms with Gasteiger partial charge in [0.05, 0.1) is 12.2 Å². The molecule has 0 aromatic carbocycles. The van der Waals surface area contributed by atoms with Crippen molar-refractivity contribution in [1.29, 1.82) is 0 Å². The van der Waals surface area contributed by atoms with Gasteiger partial charge in [-0.1, -0.05) is 5.16 Å². The molecular weight excluding hydrogens is 331 g/mol. The van der Waals surface area contributed by atoms with Crippen LogP contribution in [0.25, 0.3) is 0 Å². The molecule has 0 bridgehead atoms. The van der Waals surface area contributed by atoms with Gasteiger partial charge in [-0.3, -0.25) is 9.69 Å². The highest BCUT2D eigenvalue weighted by atomic mass is 32.1. The lowest BCUT2D eigenvalue weighted by molar-refractivity contribution is 0.0747. The van der Waals surface area contributed by atoms with E-state index >= 15 is 0 Å². The number of carbonyl (C=O) groups excluding carboxylic acids is 1. The van der Waals surface area contributed by atoms with Gasteiger partial charge in [-0.25, -0.2) is 9.37 Å². The summed E-state index contributed by atoms with van der Waals surface area (Å²) in [5.41, 5.74) is 1.08. The number of alkyl halides is 1. The van der Waals surface area contributed by atoms with Gasteiger partial charge in [-0.2, -0.15) is 0 Å². The van der Waals surface area contributed by atoms with Gasteiger partial charge in [0.15, 0.2) is 0 Å². The molecule has 24 heavy (non-hydrogen) atoms. The highest BCUT2D eigenvalue weighted by Crippen LogP contribution is 2.25. The van der Waals surface area contributed by atoms with Crippen LogP contribution in [0.2, 0.25) is 0 Å². The van der Waals surface area contributed by atoms with Crippen LogP contribution in [-0.2, 0) is 6.54 Å². The van der Waals surface area contributed by atoms with Crippen molar-refractivity contribution in [3.8, 4) is 0 Å². The van der Waals surface area contributed by atoms with Crippen LogP contribution in [0, 0.1) is 13.8 Å². The highest BCUT2D eigenvalue weighted by Gasteiger charge is 2.34. The summed E-state index contributed by atoms with van der Waals surface area (Å²) in [5.74, 6) is 0.376. The first-order valence-electron chi connectivity index (χ1n) is 7.90. The standard InChI is InChI=1S/C16H21FN4O2S/c1-10-15(11(2)23-19-10)16(22)20(3)8-13-6-12(17)7-21(13)9-14-18-4-5-24-14/h4-5,12-13H,6-9H2,1-3H3/t12-,13-/m0/s1. The van der Waals surface area contributed by atoms with E-state index in [1.54, 1.807) is 43.3 Å². The van der Waals surface area contributed by atoms with Gasteiger partial charge >= 0.3 is 0 Å². The van der Waals surface area contributed by atoms with Crippen LogP contribution in [0.1, 0.15) is 33.2 Å². The Balaban J connectivity index is 1.68. The summed E-state index contributed by atoms with van der Waals surface area (Å²) < 4.78 is 19.0. The second-order valence-electron chi connectivity index (χ2n) is 6.23. The summed E-state index contributed by atoms with van der Waals surface area (Å²) >= 11 is 1.56. The summed E-state index contributed by atoms with van der Waals surface area (Å²) in [6.45, 7) is 4.95. The van der Waals surface area contributed by atoms with E-state index < -0.39 is 6.17 Å². The van der Waals surface area contributed by atoms with Crippen molar-refractivity contribution in [3.05, 3.63) is 33.6 Å². The summed E-state index contributed by atoms with van der Waals surface area (Å²) in [4.78, 5) is 20.6. The number of hydrogen-bond donors (Lipinski definition) is 0. The normalized spacial score (nSPS) is 21.3. The molecule has 3 rings (SSSR count). The molecule has 130 valence electrons.